The Bertz CT molecular complexity index is 807. The highest BCUT2D eigenvalue weighted by atomic mass is 35.5. The molecule has 0 aliphatic rings. The molecule has 2 rings (SSSR count). The van der Waals surface area contributed by atoms with Crippen molar-refractivity contribution >= 4 is 40.9 Å². The fourth-order valence-corrected chi connectivity index (χ4v) is 2.48. The molecule has 1 heterocycles. The first-order chi connectivity index (χ1) is 12.4. The number of ether oxygens (including phenoxy) is 3. The second-order valence-electron chi connectivity index (χ2n) is 5.06. The lowest BCUT2D eigenvalue weighted by Crippen LogP contribution is -2.30. The Morgan fingerprint density at radius 1 is 1.15 bits per heavy atom. The van der Waals surface area contributed by atoms with Gasteiger partial charge in [-0.15, -0.1) is 0 Å². The van der Waals surface area contributed by atoms with Gasteiger partial charge in [-0.05, 0) is 25.1 Å². The molecule has 1 atom stereocenters. The number of pyridine rings is 1. The first kappa shape index (κ1) is 19.8. The average Bonchev–Trinajstić information content (AvgIpc) is 2.62. The Morgan fingerprint density at radius 2 is 1.77 bits per heavy atom. The molecule has 0 aliphatic carbocycles. The summed E-state index contributed by atoms with van der Waals surface area (Å²) in [4.78, 5) is 28.6. The maximum atomic E-state index is 12.5. The molecule has 7 nitrogen and oxygen atoms in total. The Balaban J connectivity index is 2.13. The number of benzene rings is 1. The van der Waals surface area contributed by atoms with E-state index in [-0.39, 0.29) is 27.9 Å². The standard InChI is InChI=1S/C17H16Cl2N2O5/c1-9(16(22)21-15-11(19)7-10(18)8-20-15)26-17(23)14-12(24-2)5-4-6-13(14)25-3/h4-9H,1-3H3,(H,20,21,22). The molecule has 0 saturated carbocycles. The number of carbonyl (C=O) groups is 2. The third-order valence-corrected chi connectivity index (χ3v) is 3.83. The summed E-state index contributed by atoms with van der Waals surface area (Å²) in [7, 11) is 2.83. The van der Waals surface area contributed by atoms with Gasteiger partial charge < -0.3 is 19.5 Å². The zero-order valence-corrected chi connectivity index (χ0v) is 15.7. The summed E-state index contributed by atoms with van der Waals surface area (Å²) in [6.07, 6.45) is 0.213. The highest BCUT2D eigenvalue weighted by Gasteiger charge is 2.25. The van der Waals surface area contributed by atoms with Gasteiger partial charge in [-0.3, -0.25) is 4.79 Å². The van der Waals surface area contributed by atoms with Crippen LogP contribution in [0.3, 0.4) is 0 Å². The molecule has 0 spiro atoms. The Morgan fingerprint density at radius 3 is 2.31 bits per heavy atom. The van der Waals surface area contributed by atoms with Crippen molar-refractivity contribution in [2.75, 3.05) is 19.5 Å². The van der Waals surface area contributed by atoms with Crippen LogP contribution in [0.5, 0.6) is 11.5 Å². The Hall–Kier alpha value is -2.51. The van der Waals surface area contributed by atoms with Crippen LogP contribution >= 0.6 is 23.2 Å². The fourth-order valence-electron chi connectivity index (χ4n) is 2.05. The summed E-state index contributed by atoms with van der Waals surface area (Å²) < 4.78 is 15.5. The van der Waals surface area contributed by atoms with Crippen molar-refractivity contribution in [3.8, 4) is 11.5 Å². The van der Waals surface area contributed by atoms with Crippen LogP contribution in [0.4, 0.5) is 5.82 Å². The second kappa shape index (κ2) is 8.73. The summed E-state index contributed by atoms with van der Waals surface area (Å²) in [6.45, 7) is 1.42. The third-order valence-electron chi connectivity index (χ3n) is 3.33. The van der Waals surface area contributed by atoms with Crippen molar-refractivity contribution in [2.24, 2.45) is 0 Å². The van der Waals surface area contributed by atoms with Gasteiger partial charge in [0.15, 0.2) is 11.9 Å². The molecule has 0 bridgehead atoms. The van der Waals surface area contributed by atoms with Gasteiger partial charge in [0.05, 0.1) is 24.3 Å². The van der Waals surface area contributed by atoms with E-state index in [1.807, 2.05) is 0 Å². The monoisotopic (exact) mass is 398 g/mol. The minimum Gasteiger partial charge on any atom is -0.496 e. The van der Waals surface area contributed by atoms with Crippen molar-refractivity contribution < 1.29 is 23.8 Å². The van der Waals surface area contributed by atoms with Gasteiger partial charge in [0.1, 0.15) is 17.1 Å². The molecule has 1 N–H and O–H groups in total. The molecule has 0 fully saturated rings. The van der Waals surface area contributed by atoms with Crippen LogP contribution in [0.1, 0.15) is 17.3 Å². The van der Waals surface area contributed by atoms with Gasteiger partial charge in [-0.2, -0.15) is 0 Å². The van der Waals surface area contributed by atoms with E-state index in [4.69, 9.17) is 37.4 Å². The number of methoxy groups -OCH3 is 2. The van der Waals surface area contributed by atoms with Gasteiger partial charge >= 0.3 is 5.97 Å². The molecule has 0 aliphatic heterocycles. The Labute approximate surface area is 160 Å². The van der Waals surface area contributed by atoms with Gasteiger partial charge in [0.25, 0.3) is 5.91 Å². The number of rotatable bonds is 6. The first-order valence-electron chi connectivity index (χ1n) is 7.41. The van der Waals surface area contributed by atoms with Crippen LogP contribution in [-0.2, 0) is 9.53 Å². The summed E-state index contributed by atoms with van der Waals surface area (Å²) in [5.74, 6) is -0.728. The number of hydrogen-bond donors (Lipinski definition) is 1. The van der Waals surface area contributed by atoms with Gasteiger partial charge in [0, 0.05) is 6.20 Å². The number of halogens is 2. The second-order valence-corrected chi connectivity index (χ2v) is 5.90. The fraction of sp³-hybridized carbons (Fsp3) is 0.235. The van der Waals surface area contributed by atoms with Crippen molar-refractivity contribution in [2.45, 2.75) is 13.0 Å². The minimum atomic E-state index is -1.12. The lowest BCUT2D eigenvalue weighted by Gasteiger charge is -2.16. The number of amides is 1. The lowest BCUT2D eigenvalue weighted by atomic mass is 10.1. The number of carbonyl (C=O) groups excluding carboxylic acids is 2. The van der Waals surface area contributed by atoms with Crippen molar-refractivity contribution in [3.63, 3.8) is 0 Å². The van der Waals surface area contributed by atoms with Crippen LogP contribution in [0, 0.1) is 0 Å². The number of anilines is 1. The smallest absolute Gasteiger partial charge is 0.346 e. The van der Waals surface area contributed by atoms with Crippen LogP contribution in [0.15, 0.2) is 30.5 Å². The molecule has 0 saturated heterocycles. The number of nitrogens with zero attached hydrogens (tertiary/aromatic N) is 1. The van der Waals surface area contributed by atoms with E-state index in [0.717, 1.165) is 0 Å². The van der Waals surface area contributed by atoms with E-state index in [1.165, 1.54) is 33.4 Å². The number of hydrogen-bond acceptors (Lipinski definition) is 6. The zero-order chi connectivity index (χ0) is 19.3. The van der Waals surface area contributed by atoms with Gasteiger partial charge in [-0.25, -0.2) is 9.78 Å². The molecule has 138 valence electrons. The van der Waals surface area contributed by atoms with Crippen molar-refractivity contribution in [1.82, 2.24) is 4.98 Å². The number of esters is 1. The molecular weight excluding hydrogens is 383 g/mol. The molecule has 1 amide bonds. The van der Waals surface area contributed by atoms with Gasteiger partial charge in [0.2, 0.25) is 0 Å². The molecule has 2 aromatic rings. The molecule has 0 radical (unpaired) electrons. The summed E-state index contributed by atoms with van der Waals surface area (Å²) in [5, 5.41) is 2.96. The highest BCUT2D eigenvalue weighted by Crippen LogP contribution is 2.29. The minimum absolute atomic E-state index is 0.0831. The molecule has 1 aromatic carbocycles. The van der Waals surface area contributed by atoms with E-state index in [2.05, 4.69) is 10.3 Å². The van der Waals surface area contributed by atoms with E-state index in [9.17, 15) is 9.59 Å². The van der Waals surface area contributed by atoms with E-state index in [0.29, 0.717) is 5.02 Å². The topological polar surface area (TPSA) is 86.8 Å². The average molecular weight is 399 g/mol. The summed E-state index contributed by atoms with van der Waals surface area (Å²) in [6, 6.07) is 6.27. The first-order valence-corrected chi connectivity index (χ1v) is 8.16. The molecular formula is C17H16Cl2N2O5. The maximum Gasteiger partial charge on any atom is 0.346 e. The van der Waals surface area contributed by atoms with E-state index >= 15 is 0 Å². The van der Waals surface area contributed by atoms with E-state index < -0.39 is 18.0 Å². The van der Waals surface area contributed by atoms with Gasteiger partial charge in [-0.1, -0.05) is 29.3 Å². The van der Waals surface area contributed by atoms with Crippen LogP contribution < -0.4 is 14.8 Å². The normalized spacial score (nSPS) is 11.4. The molecule has 1 aromatic heterocycles. The predicted octanol–water partition coefficient (Wildman–Crippen LogP) is 3.59. The zero-order valence-electron chi connectivity index (χ0n) is 14.2. The number of nitrogens with one attached hydrogen (secondary N) is 1. The lowest BCUT2D eigenvalue weighted by molar-refractivity contribution is -0.123. The molecule has 1 unspecified atom stereocenters. The Kier molecular flexibility index (Phi) is 6.65. The van der Waals surface area contributed by atoms with Crippen LogP contribution in [-0.4, -0.2) is 37.2 Å². The third kappa shape index (κ3) is 4.56. The molecule has 26 heavy (non-hydrogen) atoms. The molecule has 9 heteroatoms. The van der Waals surface area contributed by atoms with Crippen LogP contribution in [0.2, 0.25) is 10.0 Å². The maximum absolute atomic E-state index is 12.5. The SMILES string of the molecule is COc1cccc(OC)c1C(=O)OC(C)C(=O)Nc1ncc(Cl)cc1Cl. The largest absolute Gasteiger partial charge is 0.496 e. The summed E-state index contributed by atoms with van der Waals surface area (Å²) >= 11 is 11.7. The predicted molar refractivity (Wildman–Crippen MR) is 97.3 cm³/mol. The van der Waals surface area contributed by atoms with Crippen molar-refractivity contribution in [3.05, 3.63) is 46.1 Å². The summed E-state index contributed by atoms with van der Waals surface area (Å²) in [5.41, 5.74) is 0.0831. The number of aromatic nitrogens is 1. The van der Waals surface area contributed by atoms with Crippen LogP contribution in [0.25, 0.3) is 0 Å². The highest BCUT2D eigenvalue weighted by molar-refractivity contribution is 6.36. The van der Waals surface area contributed by atoms with E-state index in [1.54, 1.807) is 18.2 Å². The van der Waals surface area contributed by atoms with Crippen molar-refractivity contribution in [1.29, 1.82) is 0 Å². The quantitative estimate of drug-likeness (QED) is 0.748.